The number of guanidine groups is 1. The molecule has 1 amide bonds. The maximum absolute atomic E-state index is 12.7. The first-order valence-corrected chi connectivity index (χ1v) is 10.4. The maximum atomic E-state index is 12.7. The normalized spacial score (nSPS) is 15.7. The molecule has 1 fully saturated rings. The molecule has 0 spiro atoms. The molecule has 0 saturated heterocycles. The van der Waals surface area contributed by atoms with Gasteiger partial charge < -0.3 is 25.0 Å². The lowest BCUT2D eigenvalue weighted by Gasteiger charge is -2.31. The zero-order valence-electron chi connectivity index (χ0n) is 18.5. The molecule has 1 aliphatic carbocycles. The third-order valence-electron chi connectivity index (χ3n) is 5.39. The van der Waals surface area contributed by atoms with Crippen molar-refractivity contribution in [3.8, 4) is 11.5 Å². The molecule has 1 saturated carbocycles. The molecule has 0 aliphatic heterocycles. The summed E-state index contributed by atoms with van der Waals surface area (Å²) in [5.41, 5.74) is 0.733. The number of amides is 1. The minimum absolute atomic E-state index is 0.199. The molecule has 2 rings (SSSR count). The third kappa shape index (κ3) is 6.02. The van der Waals surface area contributed by atoms with Crippen LogP contribution in [0.1, 0.15) is 44.6 Å². The maximum Gasteiger partial charge on any atom is 0.230 e. The van der Waals surface area contributed by atoms with Crippen molar-refractivity contribution in [1.29, 1.82) is 0 Å². The number of benzene rings is 1. The van der Waals surface area contributed by atoms with E-state index >= 15 is 0 Å². The molecule has 0 aromatic heterocycles. The highest BCUT2D eigenvalue weighted by molar-refractivity contribution is 5.85. The second kappa shape index (κ2) is 10.9. The summed E-state index contributed by atoms with van der Waals surface area (Å²) >= 11 is 0. The van der Waals surface area contributed by atoms with E-state index in [1.807, 2.05) is 32.3 Å². The number of aliphatic imine (C=N–C) groups is 1. The average molecular weight is 405 g/mol. The summed E-state index contributed by atoms with van der Waals surface area (Å²) in [5.74, 6) is 2.37. The Balaban J connectivity index is 1.96. The molecule has 1 aromatic rings. The van der Waals surface area contributed by atoms with Crippen molar-refractivity contribution in [3.63, 3.8) is 0 Å². The number of hydrogen-bond donors (Lipinski definition) is 2. The molecule has 162 valence electrons. The van der Waals surface area contributed by atoms with Crippen LogP contribution in [0.4, 0.5) is 0 Å². The number of carbonyl (C=O) groups is 1. The number of ether oxygens (including phenoxy) is 2. The highest BCUT2D eigenvalue weighted by atomic mass is 16.5. The van der Waals surface area contributed by atoms with Crippen LogP contribution in [-0.2, 0) is 11.3 Å². The monoisotopic (exact) mass is 404 g/mol. The number of nitrogens with zero attached hydrogens (tertiary/aromatic N) is 2. The second-order valence-electron chi connectivity index (χ2n) is 7.80. The summed E-state index contributed by atoms with van der Waals surface area (Å²) in [6.07, 6.45) is 4.99. The van der Waals surface area contributed by atoms with Crippen LogP contribution < -0.4 is 20.1 Å². The minimum Gasteiger partial charge on any atom is -0.493 e. The van der Waals surface area contributed by atoms with Gasteiger partial charge in [0.1, 0.15) is 0 Å². The first kappa shape index (κ1) is 22.8. The molecule has 7 heteroatoms. The van der Waals surface area contributed by atoms with E-state index in [1.54, 1.807) is 19.1 Å². The molecule has 0 unspecified atom stereocenters. The van der Waals surface area contributed by atoms with Gasteiger partial charge in [-0.1, -0.05) is 25.8 Å². The first-order chi connectivity index (χ1) is 14.0. The lowest BCUT2D eigenvalue weighted by molar-refractivity contribution is -0.138. The van der Waals surface area contributed by atoms with E-state index in [9.17, 15) is 4.79 Å². The van der Waals surface area contributed by atoms with Gasteiger partial charge in [-0.15, -0.1) is 0 Å². The Hall–Kier alpha value is -2.44. The van der Waals surface area contributed by atoms with Gasteiger partial charge in [0.05, 0.1) is 19.1 Å². The molecule has 1 aliphatic rings. The van der Waals surface area contributed by atoms with Gasteiger partial charge in [-0.05, 0) is 37.0 Å². The molecule has 0 atom stereocenters. The highest BCUT2D eigenvalue weighted by Crippen LogP contribution is 2.38. The fourth-order valence-electron chi connectivity index (χ4n) is 3.80. The Kier molecular flexibility index (Phi) is 8.61. The number of carbonyl (C=O) groups excluding carboxylic acids is 1. The lowest BCUT2D eigenvalue weighted by Crippen LogP contribution is -2.49. The zero-order chi connectivity index (χ0) is 21.3. The van der Waals surface area contributed by atoms with Gasteiger partial charge in [0.15, 0.2) is 17.5 Å². The second-order valence-corrected chi connectivity index (χ2v) is 7.80. The fourth-order valence-corrected chi connectivity index (χ4v) is 3.80. The Labute approximate surface area is 174 Å². The van der Waals surface area contributed by atoms with Crippen molar-refractivity contribution in [2.24, 2.45) is 10.4 Å². The Bertz CT molecular complexity index is 697. The smallest absolute Gasteiger partial charge is 0.230 e. The van der Waals surface area contributed by atoms with Crippen molar-refractivity contribution >= 4 is 11.9 Å². The summed E-state index contributed by atoms with van der Waals surface area (Å²) in [7, 11) is 7.05. The molecule has 2 N–H and O–H groups in total. The van der Waals surface area contributed by atoms with Crippen molar-refractivity contribution in [2.75, 3.05) is 41.4 Å². The summed E-state index contributed by atoms with van der Waals surface area (Å²) in [4.78, 5) is 18.7. The molecular weight excluding hydrogens is 368 g/mol. The lowest BCUT2D eigenvalue weighted by atomic mass is 9.84. The van der Waals surface area contributed by atoms with E-state index in [0.29, 0.717) is 25.7 Å². The molecule has 0 radical (unpaired) electrons. The Morgan fingerprint density at radius 1 is 1.21 bits per heavy atom. The van der Waals surface area contributed by atoms with Crippen molar-refractivity contribution < 1.29 is 14.3 Å². The van der Waals surface area contributed by atoms with E-state index in [-0.39, 0.29) is 11.3 Å². The van der Waals surface area contributed by atoms with Gasteiger partial charge in [-0.3, -0.25) is 9.79 Å². The largest absolute Gasteiger partial charge is 0.493 e. The van der Waals surface area contributed by atoms with Gasteiger partial charge in [0, 0.05) is 34.2 Å². The van der Waals surface area contributed by atoms with Gasteiger partial charge in [-0.25, -0.2) is 0 Å². The molecular formula is C22H36N4O3. The van der Waals surface area contributed by atoms with E-state index < -0.39 is 0 Å². The molecule has 0 bridgehead atoms. The van der Waals surface area contributed by atoms with E-state index in [2.05, 4.69) is 22.5 Å². The molecule has 29 heavy (non-hydrogen) atoms. The van der Waals surface area contributed by atoms with E-state index in [0.717, 1.165) is 49.2 Å². The summed E-state index contributed by atoms with van der Waals surface area (Å²) < 4.78 is 11.2. The summed E-state index contributed by atoms with van der Waals surface area (Å²) in [6, 6.07) is 5.92. The number of nitrogens with one attached hydrogen (secondary N) is 2. The minimum atomic E-state index is -0.331. The van der Waals surface area contributed by atoms with Crippen LogP contribution in [0.2, 0.25) is 0 Å². The van der Waals surface area contributed by atoms with Crippen LogP contribution in [0.15, 0.2) is 23.2 Å². The molecule has 0 heterocycles. The van der Waals surface area contributed by atoms with Crippen LogP contribution in [0.3, 0.4) is 0 Å². The number of hydrogen-bond acceptors (Lipinski definition) is 4. The summed E-state index contributed by atoms with van der Waals surface area (Å²) in [5, 5.41) is 6.69. The number of methoxy groups -OCH3 is 1. The van der Waals surface area contributed by atoms with Gasteiger partial charge in [0.2, 0.25) is 5.91 Å². The zero-order valence-corrected chi connectivity index (χ0v) is 18.5. The quantitative estimate of drug-likeness (QED) is 0.489. The number of rotatable bonds is 9. The van der Waals surface area contributed by atoms with Crippen LogP contribution >= 0.6 is 0 Å². The fraction of sp³-hybridized carbons (Fsp3) is 0.636. The Morgan fingerprint density at radius 3 is 2.52 bits per heavy atom. The van der Waals surface area contributed by atoms with E-state index in [1.165, 1.54) is 0 Å². The van der Waals surface area contributed by atoms with Crippen molar-refractivity contribution in [2.45, 2.75) is 45.6 Å². The predicted octanol–water partition coefficient (Wildman–Crippen LogP) is 2.80. The first-order valence-electron chi connectivity index (χ1n) is 10.4. The van der Waals surface area contributed by atoms with Gasteiger partial charge >= 0.3 is 0 Å². The van der Waals surface area contributed by atoms with Crippen LogP contribution in [0, 0.1) is 5.41 Å². The van der Waals surface area contributed by atoms with E-state index in [4.69, 9.17) is 9.47 Å². The van der Waals surface area contributed by atoms with Crippen LogP contribution in [0.25, 0.3) is 0 Å². The predicted molar refractivity (Wildman–Crippen MR) is 117 cm³/mol. The van der Waals surface area contributed by atoms with Crippen molar-refractivity contribution in [3.05, 3.63) is 23.8 Å². The molecule has 1 aromatic carbocycles. The standard InChI is InChI=1S/C22H36N4O3/c1-6-13-29-18-10-9-17(14-19(18)28-5)15-24-21(23-2)25-16-22(11-7-8-12-22)20(27)26(3)4/h9-10,14H,6-8,11-13,15-16H2,1-5H3,(H2,23,24,25). The highest BCUT2D eigenvalue weighted by Gasteiger charge is 2.42. The third-order valence-corrected chi connectivity index (χ3v) is 5.39. The Morgan fingerprint density at radius 2 is 1.93 bits per heavy atom. The average Bonchev–Trinajstić information content (AvgIpc) is 3.22. The topological polar surface area (TPSA) is 75.2 Å². The van der Waals surface area contributed by atoms with Crippen molar-refractivity contribution in [1.82, 2.24) is 15.5 Å². The summed E-state index contributed by atoms with van der Waals surface area (Å²) in [6.45, 7) is 3.93. The van der Waals surface area contributed by atoms with Gasteiger partial charge in [0.25, 0.3) is 0 Å². The van der Waals surface area contributed by atoms with Gasteiger partial charge in [-0.2, -0.15) is 0 Å². The molecule has 7 nitrogen and oxygen atoms in total. The SMILES string of the molecule is CCCOc1ccc(CNC(=NC)NCC2(C(=O)N(C)C)CCCC2)cc1OC. The van der Waals surface area contributed by atoms with Crippen LogP contribution in [0.5, 0.6) is 11.5 Å². The van der Waals surface area contributed by atoms with Crippen LogP contribution in [-0.4, -0.2) is 58.2 Å².